The average molecular weight is 287 g/mol. The molecule has 0 saturated carbocycles. The first kappa shape index (κ1) is 17.9. The molecular weight excluding hydrogens is 264 g/mol. The second-order valence-electron chi connectivity index (χ2n) is 4.50. The van der Waals surface area contributed by atoms with Crippen LogP contribution in [0.25, 0.3) is 0 Å². The minimum absolute atomic E-state index is 0. The molecule has 0 atom stereocenters. The Morgan fingerprint density at radius 2 is 1.95 bits per heavy atom. The summed E-state index contributed by atoms with van der Waals surface area (Å²) >= 11 is 0. The number of carbonyl (C=O) groups excluding carboxylic acids is 1. The molecular formula is C14H23ClN2O2. The van der Waals surface area contributed by atoms with Crippen molar-refractivity contribution in [3.05, 3.63) is 29.8 Å². The van der Waals surface area contributed by atoms with E-state index in [-0.39, 0.29) is 24.4 Å². The first-order valence-electron chi connectivity index (χ1n) is 6.32. The van der Waals surface area contributed by atoms with Crippen molar-refractivity contribution in [2.75, 3.05) is 11.9 Å². The summed E-state index contributed by atoms with van der Waals surface area (Å²) in [5.74, 6) is 0.00614. The highest BCUT2D eigenvalue weighted by molar-refractivity contribution is 5.90. The summed E-state index contributed by atoms with van der Waals surface area (Å²) in [4.78, 5) is 11.5. The van der Waals surface area contributed by atoms with Crippen LogP contribution in [0.4, 0.5) is 5.69 Å². The molecule has 4 nitrogen and oxygen atoms in total. The van der Waals surface area contributed by atoms with Crippen molar-refractivity contribution < 1.29 is 9.53 Å². The lowest BCUT2D eigenvalue weighted by molar-refractivity contribution is -0.116. The van der Waals surface area contributed by atoms with Crippen LogP contribution in [-0.2, 0) is 16.1 Å². The van der Waals surface area contributed by atoms with Crippen LogP contribution in [0.3, 0.4) is 0 Å². The van der Waals surface area contributed by atoms with Gasteiger partial charge in [-0.3, -0.25) is 4.79 Å². The molecule has 0 radical (unpaired) electrons. The topological polar surface area (TPSA) is 64.3 Å². The van der Waals surface area contributed by atoms with E-state index in [4.69, 9.17) is 10.5 Å². The molecule has 5 heteroatoms. The first-order chi connectivity index (χ1) is 8.61. The number of amides is 1. The number of anilines is 1. The van der Waals surface area contributed by atoms with Gasteiger partial charge in [-0.25, -0.2) is 0 Å². The second kappa shape index (κ2) is 9.78. The van der Waals surface area contributed by atoms with Gasteiger partial charge in [-0.05, 0) is 44.5 Å². The lowest BCUT2D eigenvalue weighted by Gasteiger charge is -2.09. The van der Waals surface area contributed by atoms with Crippen molar-refractivity contribution in [1.82, 2.24) is 0 Å². The third-order valence-electron chi connectivity index (χ3n) is 2.43. The summed E-state index contributed by atoms with van der Waals surface area (Å²) in [7, 11) is 0. The summed E-state index contributed by atoms with van der Waals surface area (Å²) in [6.07, 6.45) is 1.40. The Labute approximate surface area is 121 Å². The van der Waals surface area contributed by atoms with Gasteiger partial charge in [0.25, 0.3) is 0 Å². The molecule has 1 amide bonds. The van der Waals surface area contributed by atoms with Crippen LogP contribution in [0.15, 0.2) is 24.3 Å². The standard InChI is InChI=1S/C14H22N2O2.ClH/c1-11(2)18-10-12-5-7-13(8-6-12)16-14(17)4-3-9-15;/h5-8,11H,3-4,9-10,15H2,1-2H3,(H,16,17);1H. The lowest BCUT2D eigenvalue weighted by Crippen LogP contribution is -2.13. The molecule has 0 aromatic heterocycles. The fourth-order valence-electron chi connectivity index (χ4n) is 1.43. The van der Waals surface area contributed by atoms with Gasteiger partial charge in [-0.2, -0.15) is 0 Å². The first-order valence-corrected chi connectivity index (χ1v) is 6.32. The van der Waals surface area contributed by atoms with Crippen molar-refractivity contribution in [1.29, 1.82) is 0 Å². The molecule has 19 heavy (non-hydrogen) atoms. The maximum atomic E-state index is 11.5. The number of rotatable bonds is 7. The highest BCUT2D eigenvalue weighted by Gasteiger charge is 2.02. The summed E-state index contributed by atoms with van der Waals surface area (Å²) in [6.45, 7) is 5.15. The van der Waals surface area contributed by atoms with E-state index >= 15 is 0 Å². The smallest absolute Gasteiger partial charge is 0.224 e. The Hall–Kier alpha value is -1.10. The van der Waals surface area contributed by atoms with Crippen LogP contribution in [0, 0.1) is 0 Å². The monoisotopic (exact) mass is 286 g/mol. The number of nitrogens with one attached hydrogen (secondary N) is 1. The van der Waals surface area contributed by atoms with Crippen molar-refractivity contribution in [2.45, 2.75) is 39.4 Å². The van der Waals surface area contributed by atoms with E-state index in [1.54, 1.807) is 0 Å². The van der Waals surface area contributed by atoms with E-state index < -0.39 is 0 Å². The summed E-state index contributed by atoms with van der Waals surface area (Å²) in [5.41, 5.74) is 7.26. The normalized spacial score (nSPS) is 10.1. The molecule has 3 N–H and O–H groups in total. The maximum absolute atomic E-state index is 11.5. The zero-order chi connectivity index (χ0) is 13.4. The molecule has 0 bridgehead atoms. The van der Waals surface area contributed by atoms with Crippen LogP contribution in [0.5, 0.6) is 0 Å². The van der Waals surface area contributed by atoms with Gasteiger partial charge < -0.3 is 15.8 Å². The van der Waals surface area contributed by atoms with E-state index in [0.29, 0.717) is 26.0 Å². The van der Waals surface area contributed by atoms with Crippen molar-refractivity contribution in [3.63, 3.8) is 0 Å². The van der Waals surface area contributed by atoms with Crippen LogP contribution in [-0.4, -0.2) is 18.6 Å². The third-order valence-corrected chi connectivity index (χ3v) is 2.43. The zero-order valence-corrected chi connectivity index (χ0v) is 12.3. The SMILES string of the molecule is CC(C)OCc1ccc(NC(=O)CCCN)cc1.Cl. The van der Waals surface area contributed by atoms with Crippen molar-refractivity contribution in [2.24, 2.45) is 5.73 Å². The van der Waals surface area contributed by atoms with Crippen molar-refractivity contribution >= 4 is 24.0 Å². The highest BCUT2D eigenvalue weighted by atomic mass is 35.5. The predicted molar refractivity (Wildman–Crippen MR) is 80.5 cm³/mol. The largest absolute Gasteiger partial charge is 0.374 e. The van der Waals surface area contributed by atoms with E-state index in [1.807, 2.05) is 38.1 Å². The molecule has 0 aliphatic rings. The number of ether oxygens (including phenoxy) is 1. The fraction of sp³-hybridized carbons (Fsp3) is 0.500. The molecule has 1 aromatic rings. The van der Waals surface area contributed by atoms with Gasteiger partial charge in [0.15, 0.2) is 0 Å². The van der Waals surface area contributed by atoms with E-state index in [1.165, 1.54) is 0 Å². The molecule has 0 fully saturated rings. The number of carbonyl (C=O) groups is 1. The Kier molecular flexibility index (Phi) is 9.21. The number of nitrogens with two attached hydrogens (primary N) is 1. The molecule has 0 heterocycles. The molecule has 1 rings (SSSR count). The minimum atomic E-state index is 0. The second-order valence-corrected chi connectivity index (χ2v) is 4.50. The van der Waals surface area contributed by atoms with Crippen LogP contribution in [0.1, 0.15) is 32.3 Å². The molecule has 1 aromatic carbocycles. The quantitative estimate of drug-likeness (QED) is 0.810. The lowest BCUT2D eigenvalue weighted by atomic mass is 10.2. The van der Waals surface area contributed by atoms with Gasteiger partial charge in [-0.15, -0.1) is 12.4 Å². The van der Waals surface area contributed by atoms with Crippen LogP contribution in [0.2, 0.25) is 0 Å². The average Bonchev–Trinajstić information content (AvgIpc) is 2.35. The summed E-state index contributed by atoms with van der Waals surface area (Å²) in [5, 5.41) is 2.83. The fourth-order valence-corrected chi connectivity index (χ4v) is 1.43. The van der Waals surface area contributed by atoms with E-state index in [9.17, 15) is 4.79 Å². The zero-order valence-electron chi connectivity index (χ0n) is 11.5. The number of hydrogen-bond acceptors (Lipinski definition) is 3. The summed E-state index contributed by atoms with van der Waals surface area (Å²) < 4.78 is 5.50. The minimum Gasteiger partial charge on any atom is -0.374 e. The van der Waals surface area contributed by atoms with Gasteiger partial charge in [0.2, 0.25) is 5.91 Å². The van der Waals surface area contributed by atoms with E-state index in [2.05, 4.69) is 5.32 Å². The Morgan fingerprint density at radius 1 is 1.32 bits per heavy atom. The predicted octanol–water partition coefficient (Wildman–Crippen LogP) is 2.71. The molecule has 0 unspecified atom stereocenters. The van der Waals surface area contributed by atoms with E-state index in [0.717, 1.165) is 11.3 Å². The van der Waals surface area contributed by atoms with Crippen LogP contribution < -0.4 is 11.1 Å². The number of benzene rings is 1. The molecule has 0 saturated heterocycles. The molecule has 0 spiro atoms. The summed E-state index contributed by atoms with van der Waals surface area (Å²) in [6, 6.07) is 7.70. The third kappa shape index (κ3) is 7.82. The van der Waals surface area contributed by atoms with Crippen molar-refractivity contribution in [3.8, 4) is 0 Å². The Bertz CT molecular complexity index is 366. The molecule has 0 aliphatic carbocycles. The Morgan fingerprint density at radius 3 is 2.47 bits per heavy atom. The maximum Gasteiger partial charge on any atom is 0.224 e. The molecule has 108 valence electrons. The van der Waals surface area contributed by atoms with Gasteiger partial charge >= 0.3 is 0 Å². The van der Waals surface area contributed by atoms with Crippen LogP contribution >= 0.6 is 12.4 Å². The van der Waals surface area contributed by atoms with Gasteiger partial charge in [0.1, 0.15) is 0 Å². The number of halogens is 1. The van der Waals surface area contributed by atoms with Gasteiger partial charge in [-0.1, -0.05) is 12.1 Å². The van der Waals surface area contributed by atoms with Gasteiger partial charge in [0.05, 0.1) is 12.7 Å². The highest BCUT2D eigenvalue weighted by Crippen LogP contribution is 2.11. The molecule has 0 aliphatic heterocycles. The Balaban J connectivity index is 0.00000324. The van der Waals surface area contributed by atoms with Gasteiger partial charge in [0, 0.05) is 12.1 Å². The number of hydrogen-bond donors (Lipinski definition) is 2.